The van der Waals surface area contributed by atoms with Crippen LogP contribution in [0.25, 0.3) is 0 Å². The van der Waals surface area contributed by atoms with E-state index in [1.54, 1.807) is 0 Å². The van der Waals surface area contributed by atoms with E-state index in [2.05, 4.69) is 46.0 Å². The summed E-state index contributed by atoms with van der Waals surface area (Å²) < 4.78 is 1.13. The fraction of sp³-hybridized carbons (Fsp3) is 0.538. The fourth-order valence-corrected chi connectivity index (χ4v) is 3.02. The van der Waals surface area contributed by atoms with Crippen molar-refractivity contribution in [3.05, 3.63) is 28.2 Å². The number of nitrogens with zero attached hydrogens (tertiary/aromatic N) is 1. The van der Waals surface area contributed by atoms with Crippen LogP contribution in [0, 0.1) is 6.92 Å². The Kier molecular flexibility index (Phi) is 4.42. The molecule has 1 fully saturated rings. The molecule has 3 nitrogen and oxygen atoms in total. The third kappa shape index (κ3) is 3.00. The first-order valence-electron chi connectivity index (χ1n) is 6.07. The second kappa shape index (κ2) is 5.85. The summed E-state index contributed by atoms with van der Waals surface area (Å²) in [5, 5.41) is 0. The highest BCUT2D eigenvalue weighted by Gasteiger charge is 2.23. The second-order valence-corrected chi connectivity index (χ2v) is 5.52. The van der Waals surface area contributed by atoms with Crippen molar-refractivity contribution in [2.45, 2.75) is 32.2 Å². The Hall–Kier alpha value is -0.580. The summed E-state index contributed by atoms with van der Waals surface area (Å²) in [6.07, 6.45) is 3.67. The van der Waals surface area contributed by atoms with Gasteiger partial charge in [-0.1, -0.05) is 15.9 Å². The number of rotatable bonds is 3. The van der Waals surface area contributed by atoms with E-state index in [1.165, 1.54) is 24.1 Å². The molecule has 17 heavy (non-hydrogen) atoms. The Morgan fingerprint density at radius 2 is 2.29 bits per heavy atom. The summed E-state index contributed by atoms with van der Waals surface area (Å²) in [5.41, 5.74) is 2.60. The van der Waals surface area contributed by atoms with E-state index < -0.39 is 0 Å². The number of aryl methyl sites for hydroxylation is 1. The van der Waals surface area contributed by atoms with Crippen LogP contribution in [0.3, 0.4) is 0 Å². The zero-order valence-electron chi connectivity index (χ0n) is 10.2. The molecule has 1 aromatic carbocycles. The number of anilines is 1. The second-order valence-electron chi connectivity index (χ2n) is 4.61. The number of piperidine rings is 1. The monoisotopic (exact) mass is 298 g/mol. The molecule has 0 saturated carbocycles. The molecular weight excluding hydrogens is 280 g/mol. The van der Waals surface area contributed by atoms with Crippen LogP contribution in [0.2, 0.25) is 0 Å². The molecule has 4 heteroatoms. The Morgan fingerprint density at radius 1 is 1.47 bits per heavy atom. The van der Waals surface area contributed by atoms with Crippen molar-refractivity contribution in [2.75, 3.05) is 18.1 Å². The van der Waals surface area contributed by atoms with Gasteiger partial charge in [0.25, 0.3) is 0 Å². The quantitative estimate of drug-likeness (QED) is 0.872. The van der Waals surface area contributed by atoms with E-state index in [0.717, 1.165) is 17.4 Å². The third-order valence-electron chi connectivity index (χ3n) is 3.38. The minimum atomic E-state index is 0.411. The Labute approximate surface area is 111 Å². The van der Waals surface area contributed by atoms with E-state index in [4.69, 9.17) is 10.7 Å². The molecule has 1 atom stereocenters. The number of nitrogens with two attached hydrogens (primary N) is 1. The summed E-state index contributed by atoms with van der Waals surface area (Å²) >= 11 is 3.50. The van der Waals surface area contributed by atoms with E-state index in [1.807, 2.05) is 0 Å². The predicted octanol–water partition coefficient (Wildman–Crippen LogP) is 3.01. The van der Waals surface area contributed by atoms with Crippen LogP contribution in [-0.4, -0.2) is 19.2 Å². The molecule has 1 aliphatic heterocycles. The molecule has 1 heterocycles. The van der Waals surface area contributed by atoms with Crippen molar-refractivity contribution in [1.82, 2.24) is 0 Å². The lowest BCUT2D eigenvalue weighted by molar-refractivity contribution is 0.114. The topological polar surface area (TPSA) is 38.5 Å². The molecule has 0 aromatic heterocycles. The summed E-state index contributed by atoms with van der Waals surface area (Å²) in [6, 6.07) is 6.84. The molecule has 0 radical (unpaired) electrons. The van der Waals surface area contributed by atoms with Crippen molar-refractivity contribution in [2.24, 2.45) is 5.90 Å². The van der Waals surface area contributed by atoms with Gasteiger partial charge in [-0.2, -0.15) is 0 Å². The van der Waals surface area contributed by atoms with E-state index in [0.29, 0.717) is 12.6 Å². The minimum Gasteiger partial charge on any atom is -0.366 e. The van der Waals surface area contributed by atoms with Gasteiger partial charge in [0.15, 0.2) is 0 Å². The first-order valence-corrected chi connectivity index (χ1v) is 6.86. The maximum atomic E-state index is 5.23. The fourth-order valence-electron chi connectivity index (χ4n) is 2.54. The number of hydrogen-bond donors (Lipinski definition) is 1. The Bertz CT molecular complexity index is 382. The average Bonchev–Trinajstić information content (AvgIpc) is 2.31. The molecule has 1 aromatic rings. The van der Waals surface area contributed by atoms with Crippen LogP contribution in [0.15, 0.2) is 22.7 Å². The lowest BCUT2D eigenvalue weighted by Crippen LogP contribution is -2.43. The van der Waals surface area contributed by atoms with Gasteiger partial charge in [-0.15, -0.1) is 0 Å². The molecule has 0 spiro atoms. The van der Waals surface area contributed by atoms with Crippen LogP contribution in [0.5, 0.6) is 0 Å². The van der Waals surface area contributed by atoms with Gasteiger partial charge < -0.3 is 9.74 Å². The highest BCUT2D eigenvalue weighted by molar-refractivity contribution is 9.10. The van der Waals surface area contributed by atoms with Crippen LogP contribution in [0.4, 0.5) is 5.69 Å². The van der Waals surface area contributed by atoms with E-state index in [9.17, 15) is 0 Å². The van der Waals surface area contributed by atoms with Crippen molar-refractivity contribution in [3.8, 4) is 0 Å². The van der Waals surface area contributed by atoms with Crippen LogP contribution >= 0.6 is 15.9 Å². The van der Waals surface area contributed by atoms with Gasteiger partial charge in [-0.3, -0.25) is 0 Å². The Balaban J connectivity index is 2.23. The van der Waals surface area contributed by atoms with Crippen molar-refractivity contribution >= 4 is 21.6 Å². The van der Waals surface area contributed by atoms with Crippen LogP contribution in [0.1, 0.15) is 24.8 Å². The predicted molar refractivity (Wildman–Crippen MR) is 74.0 cm³/mol. The maximum absolute atomic E-state index is 5.23. The summed E-state index contributed by atoms with van der Waals surface area (Å²) in [5.74, 6) is 5.23. The molecule has 94 valence electrons. The molecule has 0 bridgehead atoms. The van der Waals surface area contributed by atoms with Gasteiger partial charge in [0.1, 0.15) is 0 Å². The molecular formula is C13H19BrN2O. The van der Waals surface area contributed by atoms with Gasteiger partial charge in [0.05, 0.1) is 12.6 Å². The molecule has 2 rings (SSSR count). The minimum absolute atomic E-state index is 0.411. The molecule has 1 unspecified atom stereocenters. The summed E-state index contributed by atoms with van der Waals surface area (Å²) in [6.45, 7) is 3.85. The van der Waals surface area contributed by atoms with Gasteiger partial charge in [0, 0.05) is 16.7 Å². The zero-order chi connectivity index (χ0) is 12.3. The molecule has 0 aliphatic carbocycles. The van der Waals surface area contributed by atoms with Crippen molar-refractivity contribution in [3.63, 3.8) is 0 Å². The highest BCUT2D eigenvalue weighted by atomic mass is 79.9. The highest BCUT2D eigenvalue weighted by Crippen LogP contribution is 2.29. The molecule has 0 amide bonds. The van der Waals surface area contributed by atoms with E-state index >= 15 is 0 Å². The normalized spacial score (nSPS) is 20.6. The zero-order valence-corrected chi connectivity index (χ0v) is 11.7. The Morgan fingerprint density at radius 3 is 3.00 bits per heavy atom. The largest absolute Gasteiger partial charge is 0.366 e. The van der Waals surface area contributed by atoms with Crippen LogP contribution < -0.4 is 10.8 Å². The van der Waals surface area contributed by atoms with Crippen LogP contribution in [-0.2, 0) is 4.84 Å². The number of halogens is 1. The molecule has 1 saturated heterocycles. The van der Waals surface area contributed by atoms with Gasteiger partial charge in [-0.25, -0.2) is 5.90 Å². The summed E-state index contributed by atoms with van der Waals surface area (Å²) in [4.78, 5) is 7.27. The lowest BCUT2D eigenvalue weighted by Gasteiger charge is -2.37. The molecule has 2 N–H and O–H groups in total. The van der Waals surface area contributed by atoms with Gasteiger partial charge in [-0.05, 0) is 49.9 Å². The average molecular weight is 299 g/mol. The maximum Gasteiger partial charge on any atom is 0.0882 e. The third-order valence-corrected chi connectivity index (χ3v) is 3.88. The molecule has 1 aliphatic rings. The smallest absolute Gasteiger partial charge is 0.0882 e. The SMILES string of the molecule is Cc1cc(Br)ccc1N1CCCCC1CON. The van der Waals surface area contributed by atoms with Crippen molar-refractivity contribution < 1.29 is 4.84 Å². The first-order chi connectivity index (χ1) is 8.22. The van der Waals surface area contributed by atoms with E-state index in [-0.39, 0.29) is 0 Å². The number of benzene rings is 1. The number of hydrogen-bond acceptors (Lipinski definition) is 3. The van der Waals surface area contributed by atoms with Gasteiger partial charge in [0.2, 0.25) is 0 Å². The first kappa shape index (κ1) is 12.9. The van der Waals surface area contributed by atoms with Crippen molar-refractivity contribution in [1.29, 1.82) is 0 Å². The standard InChI is InChI=1S/C13H19BrN2O/c1-10-8-11(14)5-6-13(10)16-7-3-2-4-12(16)9-17-15/h5-6,8,12H,2-4,7,9,15H2,1H3. The van der Waals surface area contributed by atoms with Gasteiger partial charge >= 0.3 is 0 Å². The summed E-state index contributed by atoms with van der Waals surface area (Å²) in [7, 11) is 0. The lowest BCUT2D eigenvalue weighted by atomic mass is 10.0.